The number of nitrogens with zero attached hydrogens (tertiary/aromatic N) is 1. The first-order valence-corrected chi connectivity index (χ1v) is 23.7. The SMILES string of the molecule is NC(=N/C(=C\Cc1ccc(-c2ccccc2)cc1)c1ccc(-c2ccc3ccccc3c2-c2c(-c3ccc(-c4ccc(Nc5ccccc5)c(N)c4)cc3)ccc3ccccc23)cc1)c1ccccc1. The summed E-state index contributed by atoms with van der Waals surface area (Å²) < 4.78 is 0. The summed E-state index contributed by atoms with van der Waals surface area (Å²) in [6.45, 7) is 0. The maximum absolute atomic E-state index is 6.73. The number of hydrogen-bond donors (Lipinski definition) is 3. The molecule has 11 rings (SSSR count). The van der Waals surface area contributed by atoms with Gasteiger partial charge in [-0.1, -0.05) is 237 Å². The van der Waals surface area contributed by atoms with Crippen LogP contribution in [0.15, 0.2) is 266 Å². The highest BCUT2D eigenvalue weighted by Gasteiger charge is 2.20. The molecule has 0 fully saturated rings. The van der Waals surface area contributed by atoms with Crippen LogP contribution in [0.4, 0.5) is 17.1 Å². The van der Waals surface area contributed by atoms with Crippen LogP contribution in [0.3, 0.4) is 0 Å². The van der Waals surface area contributed by atoms with Gasteiger partial charge < -0.3 is 16.8 Å². The summed E-state index contributed by atoms with van der Waals surface area (Å²) in [6, 6.07) is 89.7. The van der Waals surface area contributed by atoms with Crippen LogP contribution in [0.5, 0.6) is 0 Å². The number of benzene rings is 11. The van der Waals surface area contributed by atoms with Gasteiger partial charge in [-0.25, -0.2) is 4.99 Å². The Hall–Kier alpha value is -9.25. The minimum absolute atomic E-state index is 0.474. The van der Waals surface area contributed by atoms with E-state index in [-0.39, 0.29) is 0 Å². The highest BCUT2D eigenvalue weighted by molar-refractivity contribution is 6.15. The monoisotopic (exact) mass is 898 g/mol. The molecule has 0 unspecified atom stereocenters. The van der Waals surface area contributed by atoms with Gasteiger partial charge in [0.1, 0.15) is 5.84 Å². The smallest absolute Gasteiger partial charge is 0.131 e. The molecule has 0 aliphatic rings. The summed E-state index contributed by atoms with van der Waals surface area (Å²) in [7, 11) is 0. The van der Waals surface area contributed by atoms with Crippen molar-refractivity contribution in [2.45, 2.75) is 6.42 Å². The predicted molar refractivity (Wildman–Crippen MR) is 298 cm³/mol. The summed E-state index contributed by atoms with van der Waals surface area (Å²) in [5.41, 5.74) is 31.3. The lowest BCUT2D eigenvalue weighted by atomic mass is 9.83. The van der Waals surface area contributed by atoms with E-state index in [0.717, 1.165) is 61.6 Å². The van der Waals surface area contributed by atoms with Crippen molar-refractivity contribution in [2.24, 2.45) is 10.7 Å². The molecule has 334 valence electrons. The van der Waals surface area contributed by atoms with E-state index >= 15 is 0 Å². The average Bonchev–Trinajstić information content (AvgIpc) is 3.43. The number of nitrogens with one attached hydrogen (secondary N) is 1. The fourth-order valence-corrected chi connectivity index (χ4v) is 9.47. The first-order chi connectivity index (χ1) is 34.5. The van der Waals surface area contributed by atoms with Crippen LogP contribution in [-0.4, -0.2) is 5.84 Å². The van der Waals surface area contributed by atoms with Gasteiger partial charge in [-0.2, -0.15) is 0 Å². The fourth-order valence-electron chi connectivity index (χ4n) is 9.47. The van der Waals surface area contributed by atoms with Gasteiger partial charge in [0.25, 0.3) is 0 Å². The molecule has 0 heterocycles. The molecule has 0 saturated heterocycles. The molecule has 4 nitrogen and oxygen atoms in total. The number of amidine groups is 1. The van der Waals surface area contributed by atoms with Crippen LogP contribution >= 0.6 is 0 Å². The number of hydrogen-bond acceptors (Lipinski definition) is 3. The van der Waals surface area contributed by atoms with Gasteiger partial charge in [0.15, 0.2) is 0 Å². The van der Waals surface area contributed by atoms with Crippen molar-refractivity contribution >= 4 is 50.1 Å². The van der Waals surface area contributed by atoms with Gasteiger partial charge >= 0.3 is 0 Å². The Morgan fingerprint density at radius 3 is 1.49 bits per heavy atom. The molecule has 0 aliphatic heterocycles. The van der Waals surface area contributed by atoms with Crippen molar-refractivity contribution in [3.8, 4) is 55.6 Å². The normalized spacial score (nSPS) is 11.8. The second-order valence-electron chi connectivity index (χ2n) is 17.6. The molecule has 4 heteroatoms. The third-order valence-corrected chi connectivity index (χ3v) is 13.1. The Morgan fingerprint density at radius 2 is 0.886 bits per heavy atom. The van der Waals surface area contributed by atoms with E-state index in [9.17, 15) is 0 Å². The standard InChI is InChI=1S/C66H50N4/c67-61-44-55(39-43-63(61)69-56-20-8-3-9-21-56)48-29-31-51(32-30-48)59-40-37-49-16-10-12-22-57(49)64(59)65-58-23-13-11-17-50(58)38-41-60(65)52-33-35-53(36-34-52)62(70-66(68)54-18-6-2-7-19-54)42-26-45-24-27-47(28-25-45)46-14-4-1-5-15-46/h1-25,27-44,69H,26,67H2,(H2,68,70)/b62-42-. The van der Waals surface area contributed by atoms with E-state index in [4.69, 9.17) is 16.5 Å². The lowest BCUT2D eigenvalue weighted by Gasteiger charge is -2.20. The van der Waals surface area contributed by atoms with Gasteiger partial charge in [0.05, 0.1) is 17.1 Å². The van der Waals surface area contributed by atoms with Crippen molar-refractivity contribution in [1.82, 2.24) is 0 Å². The minimum Gasteiger partial charge on any atom is -0.397 e. The van der Waals surface area contributed by atoms with Crippen molar-refractivity contribution in [3.63, 3.8) is 0 Å². The molecule has 0 amide bonds. The van der Waals surface area contributed by atoms with Crippen molar-refractivity contribution in [2.75, 3.05) is 11.1 Å². The molecule has 0 aromatic heterocycles. The van der Waals surface area contributed by atoms with Gasteiger partial charge in [0.2, 0.25) is 0 Å². The molecule has 0 radical (unpaired) electrons. The second-order valence-corrected chi connectivity index (χ2v) is 17.6. The number of allylic oxidation sites excluding steroid dienone is 1. The Labute approximate surface area is 409 Å². The largest absolute Gasteiger partial charge is 0.397 e. The highest BCUT2D eigenvalue weighted by Crippen LogP contribution is 2.46. The minimum atomic E-state index is 0.474. The fraction of sp³-hybridized carbons (Fsp3) is 0.0152. The van der Waals surface area contributed by atoms with Crippen LogP contribution in [0, 0.1) is 0 Å². The Morgan fingerprint density at radius 1 is 0.414 bits per heavy atom. The molecular formula is C66H50N4. The lowest BCUT2D eigenvalue weighted by Crippen LogP contribution is -2.13. The van der Waals surface area contributed by atoms with Crippen LogP contribution in [0.2, 0.25) is 0 Å². The number of nitrogens with two attached hydrogens (primary N) is 2. The summed E-state index contributed by atoms with van der Waals surface area (Å²) in [5.74, 6) is 0.474. The van der Waals surface area contributed by atoms with Gasteiger partial charge in [-0.05, 0) is 119 Å². The predicted octanol–water partition coefficient (Wildman–Crippen LogP) is 16.6. The Balaban J connectivity index is 0.978. The van der Waals surface area contributed by atoms with E-state index in [1.54, 1.807) is 0 Å². The summed E-state index contributed by atoms with van der Waals surface area (Å²) in [6.07, 6.45) is 2.88. The summed E-state index contributed by atoms with van der Waals surface area (Å²) >= 11 is 0. The zero-order valence-corrected chi connectivity index (χ0v) is 38.6. The molecule has 70 heavy (non-hydrogen) atoms. The van der Waals surface area contributed by atoms with Crippen LogP contribution < -0.4 is 16.8 Å². The lowest BCUT2D eigenvalue weighted by molar-refractivity contribution is 1.26. The zero-order valence-electron chi connectivity index (χ0n) is 38.6. The number of aliphatic imine (C=N–C) groups is 1. The van der Waals surface area contributed by atoms with E-state index in [1.807, 2.05) is 72.8 Å². The summed E-state index contributed by atoms with van der Waals surface area (Å²) in [4.78, 5) is 5.08. The Kier molecular flexibility index (Phi) is 12.1. The third-order valence-electron chi connectivity index (χ3n) is 13.1. The first kappa shape index (κ1) is 43.3. The molecular weight excluding hydrogens is 849 g/mol. The number of para-hydroxylation sites is 1. The first-order valence-electron chi connectivity index (χ1n) is 23.7. The van der Waals surface area contributed by atoms with E-state index < -0.39 is 0 Å². The van der Waals surface area contributed by atoms with Crippen molar-refractivity contribution < 1.29 is 0 Å². The van der Waals surface area contributed by atoms with Crippen molar-refractivity contribution in [3.05, 3.63) is 278 Å². The number of fused-ring (bicyclic) bond motifs is 2. The molecule has 0 atom stereocenters. The van der Waals surface area contributed by atoms with Crippen LogP contribution in [-0.2, 0) is 6.42 Å². The molecule has 0 spiro atoms. The molecule has 11 aromatic carbocycles. The van der Waals surface area contributed by atoms with Crippen LogP contribution in [0.25, 0.3) is 82.9 Å². The second kappa shape index (κ2) is 19.5. The van der Waals surface area contributed by atoms with Crippen molar-refractivity contribution in [1.29, 1.82) is 0 Å². The number of nitrogen functional groups attached to an aromatic ring is 1. The average molecular weight is 899 g/mol. The van der Waals surface area contributed by atoms with Gasteiger partial charge in [-0.15, -0.1) is 0 Å². The van der Waals surface area contributed by atoms with Gasteiger partial charge in [-0.3, -0.25) is 0 Å². The van der Waals surface area contributed by atoms with E-state index in [0.29, 0.717) is 17.9 Å². The quantitative estimate of drug-likeness (QED) is 0.0649. The third kappa shape index (κ3) is 9.10. The zero-order chi connectivity index (χ0) is 47.2. The van der Waals surface area contributed by atoms with E-state index in [2.05, 4.69) is 193 Å². The Bertz CT molecular complexity index is 3670. The number of anilines is 3. The topological polar surface area (TPSA) is 76.4 Å². The van der Waals surface area contributed by atoms with Gasteiger partial charge in [0, 0.05) is 11.3 Å². The maximum atomic E-state index is 6.73. The molecule has 0 bridgehead atoms. The van der Waals surface area contributed by atoms with E-state index in [1.165, 1.54) is 49.4 Å². The molecule has 0 aliphatic carbocycles. The summed E-state index contributed by atoms with van der Waals surface area (Å²) in [5, 5.41) is 8.20. The van der Waals surface area contributed by atoms with Crippen LogP contribution in [0.1, 0.15) is 16.7 Å². The number of rotatable bonds is 12. The maximum Gasteiger partial charge on any atom is 0.131 e. The molecule has 11 aromatic rings. The highest BCUT2D eigenvalue weighted by atomic mass is 14.9. The molecule has 5 N–H and O–H groups in total. The molecule has 0 saturated carbocycles.